The van der Waals surface area contributed by atoms with Crippen LogP contribution in [-0.4, -0.2) is 34.5 Å². The smallest absolute Gasteiger partial charge is 0.137 e. The molecule has 7 heteroatoms. The molecule has 1 rings (SSSR count). The van der Waals surface area contributed by atoms with Crippen molar-refractivity contribution in [2.24, 2.45) is 5.73 Å². The van der Waals surface area contributed by atoms with Crippen LogP contribution < -0.4 is 5.73 Å². The predicted octanol–water partition coefficient (Wildman–Crippen LogP) is 0.977. The molecule has 0 aliphatic rings. The molecule has 0 fully saturated rings. The van der Waals surface area contributed by atoms with Crippen LogP contribution in [0.2, 0.25) is 0 Å². The minimum Gasteiger partial charge on any atom is -0.394 e. The quantitative estimate of drug-likeness (QED) is 0.368. The van der Waals surface area contributed by atoms with Crippen molar-refractivity contribution in [3.05, 3.63) is 29.6 Å². The maximum absolute atomic E-state index is 13.4. The van der Waals surface area contributed by atoms with Crippen LogP contribution >= 0.6 is 24.2 Å². The van der Waals surface area contributed by atoms with Gasteiger partial charge in [-0.25, -0.2) is 4.39 Å². The van der Waals surface area contributed by atoms with Crippen molar-refractivity contribution in [3.63, 3.8) is 0 Å². The fourth-order valence-electron chi connectivity index (χ4n) is 1.02. The fourth-order valence-corrected chi connectivity index (χ4v) is 1.86. The highest BCUT2D eigenvalue weighted by molar-refractivity contribution is 7.99. The molecule has 0 aromatic heterocycles. The number of hydrogen-bond donors (Lipinski definition) is 4. The molecule has 1 atom stereocenters. The molecule has 0 radical (unpaired) electrons. The Morgan fingerprint density at radius 2 is 2.18 bits per heavy atom. The van der Waals surface area contributed by atoms with Gasteiger partial charge in [0.15, 0.2) is 0 Å². The third-order valence-electron chi connectivity index (χ3n) is 1.88. The molecule has 0 heterocycles. The van der Waals surface area contributed by atoms with Crippen LogP contribution in [0.3, 0.4) is 0 Å². The number of nitrogens with one attached hydrogen (secondary N) is 1. The molecular weight excluding hydrogens is 267 g/mol. The molecule has 0 saturated carbocycles. The zero-order valence-corrected chi connectivity index (χ0v) is 10.5. The van der Waals surface area contributed by atoms with E-state index in [2.05, 4.69) is 0 Å². The lowest BCUT2D eigenvalue weighted by atomic mass is 10.2. The molecule has 5 N–H and O–H groups in total. The molecule has 0 saturated heterocycles. The number of benzene rings is 1. The van der Waals surface area contributed by atoms with Crippen molar-refractivity contribution < 1.29 is 14.6 Å². The van der Waals surface area contributed by atoms with Crippen LogP contribution in [-0.2, 0) is 0 Å². The number of aliphatic hydroxyl groups excluding tert-OH is 2. The number of nitrogens with two attached hydrogens (primary N) is 1. The van der Waals surface area contributed by atoms with Gasteiger partial charge in [0.05, 0.1) is 12.7 Å². The van der Waals surface area contributed by atoms with Crippen molar-refractivity contribution in [1.29, 1.82) is 5.41 Å². The Morgan fingerprint density at radius 1 is 1.53 bits per heavy atom. The van der Waals surface area contributed by atoms with Crippen LogP contribution in [0.4, 0.5) is 4.39 Å². The minimum atomic E-state index is -0.864. The molecule has 0 amide bonds. The van der Waals surface area contributed by atoms with E-state index in [1.165, 1.54) is 12.1 Å². The van der Waals surface area contributed by atoms with Gasteiger partial charge in [0.25, 0.3) is 0 Å². The molecule has 1 aromatic rings. The third kappa shape index (κ3) is 4.91. The van der Waals surface area contributed by atoms with E-state index in [0.717, 1.165) is 11.8 Å². The highest BCUT2D eigenvalue weighted by Crippen LogP contribution is 2.23. The Bertz CT molecular complexity index is 393. The average molecular weight is 281 g/mol. The summed E-state index contributed by atoms with van der Waals surface area (Å²) in [5, 5.41) is 24.8. The van der Waals surface area contributed by atoms with Gasteiger partial charge in [0.1, 0.15) is 11.7 Å². The predicted molar refractivity (Wildman–Crippen MR) is 68.5 cm³/mol. The second-order valence-corrected chi connectivity index (χ2v) is 4.27. The summed E-state index contributed by atoms with van der Waals surface area (Å²) in [5.41, 5.74) is 5.54. The van der Waals surface area contributed by atoms with Crippen LogP contribution in [0.5, 0.6) is 0 Å². The van der Waals surface area contributed by atoms with Gasteiger partial charge < -0.3 is 15.9 Å². The maximum Gasteiger partial charge on any atom is 0.137 e. The van der Waals surface area contributed by atoms with E-state index in [1.54, 1.807) is 6.07 Å². The van der Waals surface area contributed by atoms with Crippen LogP contribution in [0.15, 0.2) is 23.1 Å². The molecule has 0 aliphatic carbocycles. The highest BCUT2D eigenvalue weighted by atomic mass is 35.5. The SMILES string of the molecule is Cl.N=C(N)c1ccc(SCC(O)CO)c(F)c1. The number of rotatable bonds is 5. The van der Waals surface area contributed by atoms with E-state index in [0.29, 0.717) is 10.5 Å². The summed E-state index contributed by atoms with van der Waals surface area (Å²) < 4.78 is 13.4. The van der Waals surface area contributed by atoms with Crippen molar-refractivity contribution in [3.8, 4) is 0 Å². The second-order valence-electron chi connectivity index (χ2n) is 3.21. The molecule has 0 spiro atoms. The van der Waals surface area contributed by atoms with Gasteiger partial charge in [0.2, 0.25) is 0 Å². The maximum atomic E-state index is 13.4. The van der Waals surface area contributed by atoms with Gasteiger partial charge in [-0.3, -0.25) is 5.41 Å². The summed E-state index contributed by atoms with van der Waals surface area (Å²) in [7, 11) is 0. The molecule has 96 valence electrons. The van der Waals surface area contributed by atoms with E-state index in [9.17, 15) is 4.39 Å². The Kier molecular flexibility index (Phi) is 7.13. The summed E-state index contributed by atoms with van der Waals surface area (Å²) >= 11 is 1.10. The van der Waals surface area contributed by atoms with E-state index >= 15 is 0 Å². The minimum absolute atomic E-state index is 0. The molecule has 4 nitrogen and oxygen atoms in total. The number of halogens is 2. The van der Waals surface area contributed by atoms with Gasteiger partial charge in [-0.1, -0.05) is 0 Å². The Balaban J connectivity index is 0.00000256. The first kappa shape index (κ1) is 16.2. The van der Waals surface area contributed by atoms with Gasteiger partial charge >= 0.3 is 0 Å². The Morgan fingerprint density at radius 3 is 2.65 bits per heavy atom. The van der Waals surface area contributed by atoms with E-state index in [-0.39, 0.29) is 30.6 Å². The van der Waals surface area contributed by atoms with Crippen molar-refractivity contribution in [2.75, 3.05) is 12.4 Å². The van der Waals surface area contributed by atoms with Gasteiger partial charge in [-0.05, 0) is 18.2 Å². The zero-order chi connectivity index (χ0) is 12.1. The molecular formula is C10H14ClFN2O2S. The highest BCUT2D eigenvalue weighted by Gasteiger charge is 2.08. The van der Waals surface area contributed by atoms with E-state index < -0.39 is 11.9 Å². The van der Waals surface area contributed by atoms with Crippen molar-refractivity contribution in [1.82, 2.24) is 0 Å². The Labute approximate surface area is 109 Å². The van der Waals surface area contributed by atoms with E-state index in [4.69, 9.17) is 21.4 Å². The van der Waals surface area contributed by atoms with Crippen molar-refractivity contribution >= 4 is 30.0 Å². The molecule has 17 heavy (non-hydrogen) atoms. The summed E-state index contributed by atoms with van der Waals surface area (Å²) in [4.78, 5) is 0.359. The third-order valence-corrected chi connectivity index (χ3v) is 3.08. The topological polar surface area (TPSA) is 90.3 Å². The molecule has 0 bridgehead atoms. The Hall–Kier alpha value is -0.820. The number of nitrogen functional groups attached to an aromatic ring is 1. The lowest BCUT2D eigenvalue weighted by Gasteiger charge is -2.08. The van der Waals surface area contributed by atoms with Gasteiger partial charge in [-0.2, -0.15) is 0 Å². The molecule has 0 aliphatic heterocycles. The van der Waals surface area contributed by atoms with E-state index in [1.807, 2.05) is 0 Å². The average Bonchev–Trinajstić information content (AvgIpc) is 2.26. The summed E-state index contributed by atoms with van der Waals surface area (Å²) in [6.45, 7) is -0.347. The molecule has 1 unspecified atom stereocenters. The first-order valence-corrected chi connectivity index (χ1v) is 5.59. The van der Waals surface area contributed by atoms with Crippen LogP contribution in [0.1, 0.15) is 5.56 Å². The van der Waals surface area contributed by atoms with Crippen LogP contribution in [0.25, 0.3) is 0 Å². The number of hydrogen-bond acceptors (Lipinski definition) is 4. The standard InChI is InChI=1S/C10H13FN2O2S.ClH/c11-8-3-6(10(12)13)1-2-9(8)16-5-7(15)4-14;/h1-3,7,14-15H,4-5H2,(H3,12,13);1H. The monoisotopic (exact) mass is 280 g/mol. The van der Waals surface area contributed by atoms with Gasteiger partial charge in [0, 0.05) is 16.2 Å². The summed E-state index contributed by atoms with van der Waals surface area (Å²) in [6.07, 6.45) is -0.864. The van der Waals surface area contributed by atoms with Crippen molar-refractivity contribution in [2.45, 2.75) is 11.0 Å². The summed E-state index contributed by atoms with van der Waals surface area (Å²) in [6, 6.07) is 4.22. The lowest BCUT2D eigenvalue weighted by Crippen LogP contribution is -2.15. The normalized spacial score (nSPS) is 11.7. The number of thioether (sulfide) groups is 1. The lowest BCUT2D eigenvalue weighted by molar-refractivity contribution is 0.113. The summed E-state index contributed by atoms with van der Waals surface area (Å²) in [5.74, 6) is -0.457. The number of amidine groups is 1. The number of aliphatic hydroxyl groups is 2. The molecule has 1 aromatic carbocycles. The zero-order valence-electron chi connectivity index (χ0n) is 8.89. The van der Waals surface area contributed by atoms with Crippen LogP contribution in [0, 0.1) is 11.2 Å². The first-order chi connectivity index (χ1) is 7.54. The van der Waals surface area contributed by atoms with Gasteiger partial charge in [-0.15, -0.1) is 24.2 Å². The first-order valence-electron chi connectivity index (χ1n) is 4.60. The largest absolute Gasteiger partial charge is 0.394 e. The fraction of sp³-hybridized carbons (Fsp3) is 0.300. The second kappa shape index (κ2) is 7.50.